The number of hydrogen-bond donors (Lipinski definition) is 0. The summed E-state index contributed by atoms with van der Waals surface area (Å²) in [6, 6.07) is 13.5. The van der Waals surface area contributed by atoms with Crippen LogP contribution in [0.5, 0.6) is 0 Å². The highest BCUT2D eigenvalue weighted by Gasteiger charge is 2.32. The molecule has 4 heteroatoms. The number of carbonyl (C=O) groups excluding carboxylic acids is 1. The van der Waals surface area contributed by atoms with Gasteiger partial charge in [-0.1, -0.05) is 45.7 Å². The zero-order chi connectivity index (χ0) is 14.3. The summed E-state index contributed by atoms with van der Waals surface area (Å²) in [7, 11) is 0. The number of halogens is 2. The predicted molar refractivity (Wildman–Crippen MR) is 85.6 cm³/mol. The Bertz CT molecular complexity index is 686. The second-order valence-corrected chi connectivity index (χ2v) is 6.30. The molecule has 0 spiro atoms. The molecule has 1 unspecified atom stereocenters. The van der Waals surface area contributed by atoms with Gasteiger partial charge in [-0.05, 0) is 43.2 Å². The van der Waals surface area contributed by atoms with Crippen molar-refractivity contribution in [2.75, 3.05) is 4.90 Å². The van der Waals surface area contributed by atoms with E-state index in [9.17, 15) is 4.79 Å². The third kappa shape index (κ3) is 2.25. The molecule has 1 heterocycles. The van der Waals surface area contributed by atoms with Crippen molar-refractivity contribution in [2.24, 2.45) is 0 Å². The molecule has 1 atom stereocenters. The fourth-order valence-corrected chi connectivity index (χ4v) is 3.23. The van der Waals surface area contributed by atoms with Gasteiger partial charge in [-0.3, -0.25) is 4.79 Å². The van der Waals surface area contributed by atoms with E-state index in [2.05, 4.69) is 28.9 Å². The molecule has 20 heavy (non-hydrogen) atoms. The summed E-state index contributed by atoms with van der Waals surface area (Å²) >= 11 is 9.57. The van der Waals surface area contributed by atoms with E-state index >= 15 is 0 Å². The average Bonchev–Trinajstić information content (AvgIpc) is 2.76. The normalized spacial score (nSPS) is 17.1. The zero-order valence-corrected chi connectivity index (χ0v) is 13.3. The monoisotopic (exact) mass is 349 g/mol. The van der Waals surface area contributed by atoms with Crippen molar-refractivity contribution in [2.45, 2.75) is 19.4 Å². The molecule has 0 N–H and O–H groups in total. The van der Waals surface area contributed by atoms with Gasteiger partial charge in [-0.15, -0.1) is 0 Å². The topological polar surface area (TPSA) is 20.3 Å². The Kier molecular flexibility index (Phi) is 3.57. The highest BCUT2D eigenvalue weighted by molar-refractivity contribution is 9.10. The van der Waals surface area contributed by atoms with Crippen LogP contribution in [0, 0.1) is 0 Å². The molecule has 0 fully saturated rings. The minimum Gasteiger partial charge on any atom is -0.305 e. The van der Waals surface area contributed by atoms with Gasteiger partial charge in [0.15, 0.2) is 0 Å². The molecule has 0 radical (unpaired) electrons. The molecule has 0 saturated carbocycles. The van der Waals surface area contributed by atoms with Crippen molar-refractivity contribution >= 4 is 39.1 Å². The molecule has 102 valence electrons. The Morgan fingerprint density at radius 1 is 1.30 bits per heavy atom. The van der Waals surface area contributed by atoms with Crippen LogP contribution in [0.4, 0.5) is 5.69 Å². The number of nitrogens with zero attached hydrogens (tertiary/aromatic N) is 1. The summed E-state index contributed by atoms with van der Waals surface area (Å²) in [4.78, 5) is 14.7. The van der Waals surface area contributed by atoms with Gasteiger partial charge in [0.05, 0.1) is 10.6 Å². The van der Waals surface area contributed by atoms with Crippen LogP contribution in [-0.4, -0.2) is 11.9 Å². The van der Waals surface area contributed by atoms with Crippen LogP contribution in [0.3, 0.4) is 0 Å². The summed E-state index contributed by atoms with van der Waals surface area (Å²) in [6.07, 6.45) is 0.882. The maximum atomic E-state index is 12.8. The molecule has 2 aromatic carbocycles. The molecule has 1 aliphatic rings. The molecule has 0 aliphatic carbocycles. The van der Waals surface area contributed by atoms with Crippen molar-refractivity contribution in [3.63, 3.8) is 0 Å². The third-order valence-corrected chi connectivity index (χ3v) is 4.41. The zero-order valence-electron chi connectivity index (χ0n) is 10.9. The van der Waals surface area contributed by atoms with E-state index in [0.29, 0.717) is 10.6 Å². The fraction of sp³-hybridized carbons (Fsp3) is 0.188. The molecule has 1 amide bonds. The number of rotatable bonds is 1. The van der Waals surface area contributed by atoms with Crippen LogP contribution in [0.2, 0.25) is 5.02 Å². The number of para-hydroxylation sites is 1. The summed E-state index contributed by atoms with van der Waals surface area (Å²) in [5, 5.41) is 0.481. The van der Waals surface area contributed by atoms with E-state index < -0.39 is 0 Å². The van der Waals surface area contributed by atoms with Gasteiger partial charge in [0.2, 0.25) is 0 Å². The van der Waals surface area contributed by atoms with Gasteiger partial charge in [0.1, 0.15) is 0 Å². The van der Waals surface area contributed by atoms with Gasteiger partial charge in [-0.25, -0.2) is 0 Å². The van der Waals surface area contributed by atoms with Gasteiger partial charge in [-0.2, -0.15) is 0 Å². The van der Waals surface area contributed by atoms with Crippen LogP contribution in [0.15, 0.2) is 46.9 Å². The largest absolute Gasteiger partial charge is 0.305 e. The molecular formula is C16H13BrClNO. The van der Waals surface area contributed by atoms with Crippen LogP contribution in [0.1, 0.15) is 22.8 Å². The summed E-state index contributed by atoms with van der Waals surface area (Å²) < 4.78 is 0.852. The summed E-state index contributed by atoms with van der Waals surface area (Å²) in [5.41, 5.74) is 2.73. The highest BCUT2D eigenvalue weighted by atomic mass is 79.9. The minimum atomic E-state index is -0.0475. The van der Waals surface area contributed by atoms with E-state index in [1.807, 2.05) is 29.2 Å². The van der Waals surface area contributed by atoms with E-state index in [1.54, 1.807) is 12.1 Å². The highest BCUT2D eigenvalue weighted by Crippen LogP contribution is 2.34. The fourth-order valence-electron chi connectivity index (χ4n) is 2.67. The first-order valence-corrected chi connectivity index (χ1v) is 7.61. The van der Waals surface area contributed by atoms with Crippen molar-refractivity contribution in [3.05, 3.63) is 63.1 Å². The lowest BCUT2D eigenvalue weighted by molar-refractivity contribution is 0.0981. The van der Waals surface area contributed by atoms with Crippen LogP contribution < -0.4 is 4.90 Å². The Hall–Kier alpha value is -1.32. The van der Waals surface area contributed by atoms with Crippen molar-refractivity contribution in [1.29, 1.82) is 0 Å². The lowest BCUT2D eigenvalue weighted by atomic mass is 10.1. The summed E-state index contributed by atoms with van der Waals surface area (Å²) in [5.74, 6) is -0.0475. The third-order valence-electron chi connectivity index (χ3n) is 3.58. The van der Waals surface area contributed by atoms with Gasteiger partial charge >= 0.3 is 0 Å². The smallest absolute Gasteiger partial charge is 0.260 e. The van der Waals surface area contributed by atoms with E-state index in [4.69, 9.17) is 11.6 Å². The summed E-state index contributed by atoms with van der Waals surface area (Å²) in [6.45, 7) is 2.06. The SMILES string of the molecule is CC1Cc2ccccc2N1C(=O)c1cc(Br)ccc1Cl. The van der Waals surface area contributed by atoms with Crippen molar-refractivity contribution < 1.29 is 4.79 Å². The minimum absolute atomic E-state index is 0.0475. The maximum Gasteiger partial charge on any atom is 0.260 e. The Balaban J connectivity index is 2.05. The second kappa shape index (κ2) is 5.23. The Labute approximate surface area is 131 Å². The quantitative estimate of drug-likeness (QED) is 0.730. The van der Waals surface area contributed by atoms with Crippen molar-refractivity contribution in [3.8, 4) is 0 Å². The number of hydrogen-bond acceptors (Lipinski definition) is 1. The predicted octanol–water partition coefficient (Wildman–Crippen LogP) is 4.69. The van der Waals surface area contributed by atoms with E-state index in [0.717, 1.165) is 16.6 Å². The number of anilines is 1. The standard InChI is InChI=1S/C16H13BrClNO/c1-10-8-11-4-2-3-5-15(11)19(10)16(20)13-9-12(17)6-7-14(13)18/h2-7,9-10H,8H2,1H3. The number of carbonyl (C=O) groups is 1. The molecule has 3 rings (SSSR count). The first-order chi connectivity index (χ1) is 9.58. The van der Waals surface area contributed by atoms with Gasteiger partial charge in [0.25, 0.3) is 5.91 Å². The van der Waals surface area contributed by atoms with Crippen LogP contribution >= 0.6 is 27.5 Å². The van der Waals surface area contributed by atoms with E-state index in [-0.39, 0.29) is 11.9 Å². The average molecular weight is 351 g/mol. The molecule has 0 saturated heterocycles. The Morgan fingerprint density at radius 2 is 2.05 bits per heavy atom. The number of fused-ring (bicyclic) bond motifs is 1. The molecule has 0 aromatic heterocycles. The maximum absolute atomic E-state index is 12.8. The van der Waals surface area contributed by atoms with Crippen molar-refractivity contribution in [1.82, 2.24) is 0 Å². The second-order valence-electron chi connectivity index (χ2n) is 4.98. The molecule has 2 nitrogen and oxygen atoms in total. The van der Waals surface area contributed by atoms with E-state index in [1.165, 1.54) is 5.56 Å². The first-order valence-electron chi connectivity index (χ1n) is 6.44. The molecule has 0 bridgehead atoms. The Morgan fingerprint density at radius 3 is 2.85 bits per heavy atom. The molecule has 2 aromatic rings. The number of amides is 1. The lowest BCUT2D eigenvalue weighted by Gasteiger charge is -2.23. The van der Waals surface area contributed by atoms with Crippen LogP contribution in [0.25, 0.3) is 0 Å². The number of benzene rings is 2. The van der Waals surface area contributed by atoms with Crippen LogP contribution in [-0.2, 0) is 6.42 Å². The van der Waals surface area contributed by atoms with Gasteiger partial charge in [0, 0.05) is 16.2 Å². The molecular weight excluding hydrogens is 338 g/mol. The van der Waals surface area contributed by atoms with Gasteiger partial charge < -0.3 is 4.90 Å². The first kappa shape index (κ1) is 13.7. The molecule has 1 aliphatic heterocycles. The lowest BCUT2D eigenvalue weighted by Crippen LogP contribution is -2.35.